The number of benzene rings is 2. The summed E-state index contributed by atoms with van der Waals surface area (Å²) < 4.78 is 58.8. The van der Waals surface area contributed by atoms with Crippen molar-refractivity contribution in [2.24, 2.45) is 0 Å². The lowest BCUT2D eigenvalue weighted by atomic mass is 10.0. The molecule has 0 bridgehead atoms. The largest absolute Gasteiger partial charge is 0.497 e. The molecule has 0 fully saturated rings. The second-order valence-corrected chi connectivity index (χ2v) is 7.97. The summed E-state index contributed by atoms with van der Waals surface area (Å²) >= 11 is 0. The Labute approximate surface area is 161 Å². The summed E-state index contributed by atoms with van der Waals surface area (Å²) in [5.74, 6) is -0.0455. The lowest BCUT2D eigenvalue weighted by molar-refractivity contribution is -0.116. The third-order valence-corrected chi connectivity index (χ3v) is 5.07. The molecule has 2 aromatic rings. The van der Waals surface area contributed by atoms with Crippen LogP contribution in [-0.4, -0.2) is 52.2 Å². The molecule has 0 heterocycles. The quantitative estimate of drug-likeness (QED) is 0.718. The van der Waals surface area contributed by atoms with Crippen LogP contribution in [0.25, 0.3) is 11.1 Å². The minimum atomic E-state index is -3.51. The number of ether oxygens (including phenoxy) is 2. The Hall–Kier alpha value is -2.72. The zero-order valence-corrected chi connectivity index (χ0v) is 16.3. The number of rotatable bonds is 8. The number of likely N-dealkylation sites (N-methyl/N-ethyl adjacent to an activating group) is 1. The van der Waals surface area contributed by atoms with Gasteiger partial charge in [-0.15, -0.1) is 0 Å². The van der Waals surface area contributed by atoms with Crippen LogP contribution in [0.1, 0.15) is 0 Å². The molecule has 28 heavy (non-hydrogen) atoms. The van der Waals surface area contributed by atoms with Gasteiger partial charge < -0.3 is 14.8 Å². The van der Waals surface area contributed by atoms with Crippen molar-refractivity contribution in [3.63, 3.8) is 0 Å². The minimum Gasteiger partial charge on any atom is -0.497 e. The van der Waals surface area contributed by atoms with Crippen LogP contribution in [0.15, 0.2) is 42.5 Å². The first-order valence-corrected chi connectivity index (χ1v) is 9.89. The van der Waals surface area contributed by atoms with Crippen molar-refractivity contribution in [2.75, 3.05) is 32.3 Å². The first-order valence-electron chi connectivity index (χ1n) is 8.04. The summed E-state index contributed by atoms with van der Waals surface area (Å²) in [4.78, 5) is 12.1. The number of nitrogens with zero attached hydrogens (tertiary/aromatic N) is 1. The third kappa shape index (κ3) is 5.89. The first-order chi connectivity index (χ1) is 13.1. The van der Waals surface area contributed by atoms with Crippen LogP contribution in [0, 0.1) is 0 Å². The third-order valence-electron chi connectivity index (χ3n) is 3.81. The molecular weight excluding hydrogens is 394 g/mol. The SMILES string of the molecule is COc1ccc(-c2cc(NC(=O)CN(C)S(C)(=O)=O)ccc2OC(F)F)cc1. The van der Waals surface area contributed by atoms with Crippen LogP contribution < -0.4 is 14.8 Å². The van der Waals surface area contributed by atoms with E-state index in [1.165, 1.54) is 32.4 Å². The molecule has 0 saturated heterocycles. The zero-order chi connectivity index (χ0) is 20.9. The first kappa shape index (κ1) is 21.6. The Bertz CT molecular complexity index is 933. The number of sulfonamides is 1. The summed E-state index contributed by atoms with van der Waals surface area (Å²) in [6.07, 6.45) is 0.985. The smallest absolute Gasteiger partial charge is 0.387 e. The van der Waals surface area contributed by atoms with E-state index in [0.717, 1.165) is 10.6 Å². The number of carbonyl (C=O) groups is 1. The molecule has 0 unspecified atom stereocenters. The van der Waals surface area contributed by atoms with Crippen molar-refractivity contribution >= 4 is 21.6 Å². The van der Waals surface area contributed by atoms with Gasteiger partial charge in [0, 0.05) is 18.3 Å². The van der Waals surface area contributed by atoms with E-state index in [1.807, 2.05) is 0 Å². The molecule has 1 amide bonds. The number of hydrogen-bond donors (Lipinski definition) is 1. The highest BCUT2D eigenvalue weighted by molar-refractivity contribution is 7.88. The van der Waals surface area contributed by atoms with E-state index in [-0.39, 0.29) is 12.3 Å². The van der Waals surface area contributed by atoms with E-state index >= 15 is 0 Å². The molecule has 10 heteroatoms. The lowest BCUT2D eigenvalue weighted by Crippen LogP contribution is -2.34. The van der Waals surface area contributed by atoms with E-state index < -0.39 is 22.5 Å². The molecule has 1 N–H and O–H groups in total. The number of methoxy groups -OCH3 is 1. The molecule has 7 nitrogen and oxygen atoms in total. The molecule has 152 valence electrons. The Kier molecular flexibility index (Phi) is 6.92. The number of hydrogen-bond acceptors (Lipinski definition) is 5. The van der Waals surface area contributed by atoms with Gasteiger partial charge in [0.2, 0.25) is 15.9 Å². The van der Waals surface area contributed by atoms with Crippen LogP contribution in [0.5, 0.6) is 11.5 Å². The predicted octanol–water partition coefficient (Wildman–Crippen LogP) is 2.79. The highest BCUT2D eigenvalue weighted by Crippen LogP contribution is 2.34. The number of nitrogens with one attached hydrogen (secondary N) is 1. The summed E-state index contributed by atoms with van der Waals surface area (Å²) in [6, 6.07) is 10.8. The summed E-state index contributed by atoms with van der Waals surface area (Å²) in [5.41, 5.74) is 1.21. The molecule has 0 aliphatic carbocycles. The van der Waals surface area contributed by atoms with E-state index in [4.69, 9.17) is 4.74 Å². The maximum absolute atomic E-state index is 12.7. The fraction of sp³-hybridized carbons (Fsp3) is 0.278. The van der Waals surface area contributed by atoms with Crippen molar-refractivity contribution < 1.29 is 31.5 Å². The molecule has 0 spiro atoms. The second-order valence-electron chi connectivity index (χ2n) is 5.89. The fourth-order valence-corrected chi connectivity index (χ4v) is 2.67. The molecule has 0 aliphatic heterocycles. The molecule has 2 rings (SSSR count). The number of halogens is 2. The highest BCUT2D eigenvalue weighted by Gasteiger charge is 2.17. The van der Waals surface area contributed by atoms with Gasteiger partial charge in [0.25, 0.3) is 0 Å². The summed E-state index contributed by atoms with van der Waals surface area (Å²) in [6.45, 7) is -3.40. The maximum Gasteiger partial charge on any atom is 0.387 e. The van der Waals surface area contributed by atoms with E-state index in [9.17, 15) is 22.0 Å². The van der Waals surface area contributed by atoms with Gasteiger partial charge in [-0.1, -0.05) is 12.1 Å². The van der Waals surface area contributed by atoms with Crippen molar-refractivity contribution in [3.8, 4) is 22.6 Å². The Balaban J connectivity index is 2.30. The average Bonchev–Trinajstić information content (AvgIpc) is 2.61. The van der Waals surface area contributed by atoms with Crippen LogP contribution in [-0.2, 0) is 14.8 Å². The number of carbonyl (C=O) groups excluding carboxylic acids is 1. The van der Waals surface area contributed by atoms with Gasteiger partial charge in [-0.3, -0.25) is 4.79 Å². The van der Waals surface area contributed by atoms with E-state index in [0.29, 0.717) is 22.6 Å². The fourth-order valence-electron chi connectivity index (χ4n) is 2.32. The number of alkyl halides is 2. The van der Waals surface area contributed by atoms with Gasteiger partial charge >= 0.3 is 6.61 Å². The highest BCUT2D eigenvalue weighted by atomic mass is 32.2. The predicted molar refractivity (Wildman–Crippen MR) is 101 cm³/mol. The van der Waals surface area contributed by atoms with Gasteiger partial charge in [-0.05, 0) is 35.9 Å². The Morgan fingerprint density at radius 2 is 1.82 bits per heavy atom. The van der Waals surface area contributed by atoms with Gasteiger partial charge in [0.1, 0.15) is 11.5 Å². The second kappa shape index (κ2) is 8.98. The van der Waals surface area contributed by atoms with Crippen molar-refractivity contribution in [1.82, 2.24) is 4.31 Å². The molecule has 0 atom stereocenters. The summed E-state index contributed by atoms with van der Waals surface area (Å²) in [5, 5.41) is 2.55. The number of anilines is 1. The van der Waals surface area contributed by atoms with Crippen LogP contribution in [0.4, 0.5) is 14.5 Å². The van der Waals surface area contributed by atoms with Crippen molar-refractivity contribution in [1.29, 1.82) is 0 Å². The molecule has 0 radical (unpaired) electrons. The zero-order valence-electron chi connectivity index (χ0n) is 15.5. The van der Waals surface area contributed by atoms with Crippen LogP contribution in [0.3, 0.4) is 0 Å². The average molecular weight is 414 g/mol. The monoisotopic (exact) mass is 414 g/mol. The molecule has 2 aromatic carbocycles. The topological polar surface area (TPSA) is 84.9 Å². The maximum atomic E-state index is 12.7. The van der Waals surface area contributed by atoms with Gasteiger partial charge in [-0.25, -0.2) is 8.42 Å². The van der Waals surface area contributed by atoms with Gasteiger partial charge in [0.15, 0.2) is 0 Å². The lowest BCUT2D eigenvalue weighted by Gasteiger charge is -2.16. The van der Waals surface area contributed by atoms with E-state index in [2.05, 4.69) is 10.1 Å². The standard InChI is InChI=1S/C18H20F2N2O5S/c1-22(28(3,24)25)11-17(23)21-13-6-9-16(27-18(19)20)15(10-13)12-4-7-14(26-2)8-5-12/h4-10,18H,11H2,1-3H3,(H,21,23). The van der Waals surface area contributed by atoms with Crippen LogP contribution >= 0.6 is 0 Å². The Morgan fingerprint density at radius 1 is 1.18 bits per heavy atom. The molecule has 0 saturated carbocycles. The summed E-state index contributed by atoms with van der Waals surface area (Å²) in [7, 11) is -0.732. The van der Waals surface area contributed by atoms with Gasteiger partial charge in [-0.2, -0.15) is 13.1 Å². The Morgan fingerprint density at radius 3 is 2.36 bits per heavy atom. The minimum absolute atomic E-state index is 0.0635. The van der Waals surface area contributed by atoms with Crippen LogP contribution in [0.2, 0.25) is 0 Å². The normalized spacial score (nSPS) is 11.5. The molecule has 0 aliphatic rings. The number of amides is 1. The van der Waals surface area contributed by atoms with Crippen molar-refractivity contribution in [2.45, 2.75) is 6.61 Å². The van der Waals surface area contributed by atoms with Gasteiger partial charge in [0.05, 0.1) is 19.9 Å². The molecule has 0 aromatic heterocycles. The van der Waals surface area contributed by atoms with E-state index in [1.54, 1.807) is 24.3 Å². The molecular formula is C18H20F2N2O5S. The van der Waals surface area contributed by atoms with Crippen molar-refractivity contribution in [3.05, 3.63) is 42.5 Å².